The van der Waals surface area contributed by atoms with E-state index in [4.69, 9.17) is 32.7 Å². The summed E-state index contributed by atoms with van der Waals surface area (Å²) in [6, 6.07) is 4.95. The van der Waals surface area contributed by atoms with Crippen LogP contribution in [0.2, 0.25) is 10.0 Å². The number of ether oxygens (including phenoxy) is 2. The molecule has 0 heterocycles. The zero-order chi connectivity index (χ0) is 17.5. The van der Waals surface area contributed by atoms with Gasteiger partial charge in [0.1, 0.15) is 12.2 Å². The summed E-state index contributed by atoms with van der Waals surface area (Å²) in [7, 11) is 0. The monoisotopic (exact) mass is 359 g/mol. The SMILES string of the molecule is CC(C)(C)OC(=O)NCCOC(=O)/C=C/c1ccc(Cl)cc1Cl. The molecular formula is C16H19Cl2NO4. The molecule has 0 radical (unpaired) electrons. The number of benzene rings is 1. The van der Waals surface area contributed by atoms with E-state index in [0.717, 1.165) is 0 Å². The Morgan fingerprint density at radius 2 is 1.96 bits per heavy atom. The average Bonchev–Trinajstić information content (AvgIpc) is 2.40. The van der Waals surface area contributed by atoms with Crippen molar-refractivity contribution in [2.45, 2.75) is 26.4 Å². The molecule has 1 aromatic carbocycles. The van der Waals surface area contributed by atoms with Crippen LogP contribution in [0.3, 0.4) is 0 Å². The first-order valence-corrected chi connectivity index (χ1v) is 7.70. The van der Waals surface area contributed by atoms with Gasteiger partial charge in [0.15, 0.2) is 0 Å². The Morgan fingerprint density at radius 3 is 2.57 bits per heavy atom. The number of alkyl carbamates (subject to hydrolysis) is 1. The van der Waals surface area contributed by atoms with Gasteiger partial charge in [-0.1, -0.05) is 29.3 Å². The van der Waals surface area contributed by atoms with Gasteiger partial charge in [-0.15, -0.1) is 0 Å². The van der Waals surface area contributed by atoms with Gasteiger partial charge in [0, 0.05) is 16.1 Å². The Balaban J connectivity index is 2.32. The van der Waals surface area contributed by atoms with Crippen molar-refractivity contribution in [3.05, 3.63) is 39.9 Å². The van der Waals surface area contributed by atoms with Crippen molar-refractivity contribution in [3.8, 4) is 0 Å². The summed E-state index contributed by atoms with van der Waals surface area (Å²) in [5, 5.41) is 3.44. The van der Waals surface area contributed by atoms with Crippen molar-refractivity contribution in [2.75, 3.05) is 13.2 Å². The summed E-state index contributed by atoms with van der Waals surface area (Å²) < 4.78 is 9.99. The van der Waals surface area contributed by atoms with Crippen LogP contribution in [-0.2, 0) is 14.3 Å². The fourth-order valence-corrected chi connectivity index (χ4v) is 1.93. The van der Waals surface area contributed by atoms with Gasteiger partial charge in [-0.2, -0.15) is 0 Å². The normalized spacial score (nSPS) is 11.3. The Bertz CT molecular complexity index is 594. The number of rotatable bonds is 5. The minimum atomic E-state index is -0.568. The highest BCUT2D eigenvalue weighted by atomic mass is 35.5. The number of nitrogens with one attached hydrogen (secondary N) is 1. The third kappa shape index (κ3) is 8.47. The van der Waals surface area contributed by atoms with Crippen molar-refractivity contribution in [1.29, 1.82) is 0 Å². The van der Waals surface area contributed by atoms with E-state index in [9.17, 15) is 9.59 Å². The van der Waals surface area contributed by atoms with Gasteiger partial charge in [-0.25, -0.2) is 9.59 Å². The van der Waals surface area contributed by atoms with Gasteiger partial charge in [0.05, 0.1) is 6.54 Å². The summed E-state index contributed by atoms with van der Waals surface area (Å²) >= 11 is 11.8. The average molecular weight is 360 g/mol. The second-order valence-electron chi connectivity index (χ2n) is 5.60. The summed E-state index contributed by atoms with van der Waals surface area (Å²) in [6.07, 6.45) is 2.22. The molecule has 1 N–H and O–H groups in total. The summed E-state index contributed by atoms with van der Waals surface area (Å²) in [5.74, 6) is -0.540. The predicted molar refractivity (Wildman–Crippen MR) is 90.7 cm³/mol. The number of carbonyl (C=O) groups is 2. The first kappa shape index (κ1) is 19.3. The van der Waals surface area contributed by atoms with Crippen LogP contribution in [0.5, 0.6) is 0 Å². The first-order chi connectivity index (χ1) is 10.7. The standard InChI is InChI=1S/C16H19Cl2NO4/c1-16(2,3)23-15(21)19-8-9-22-14(20)7-5-11-4-6-12(17)10-13(11)18/h4-7,10H,8-9H2,1-3H3,(H,19,21)/b7-5+. The van der Waals surface area contributed by atoms with Gasteiger partial charge in [0.2, 0.25) is 0 Å². The molecule has 1 rings (SSSR count). The van der Waals surface area contributed by atoms with Crippen LogP contribution in [0.4, 0.5) is 4.79 Å². The lowest BCUT2D eigenvalue weighted by Crippen LogP contribution is -2.34. The molecule has 0 saturated carbocycles. The number of hydrogen-bond donors (Lipinski definition) is 1. The maximum atomic E-state index is 11.5. The maximum absolute atomic E-state index is 11.5. The molecule has 126 valence electrons. The summed E-state index contributed by atoms with van der Waals surface area (Å²) in [6.45, 7) is 5.49. The molecule has 0 aromatic heterocycles. The lowest BCUT2D eigenvalue weighted by molar-refractivity contribution is -0.137. The maximum Gasteiger partial charge on any atom is 0.407 e. The molecule has 23 heavy (non-hydrogen) atoms. The topological polar surface area (TPSA) is 64.6 Å². The van der Waals surface area contributed by atoms with Gasteiger partial charge in [-0.05, 0) is 44.5 Å². The highest BCUT2D eigenvalue weighted by molar-refractivity contribution is 6.35. The van der Waals surface area contributed by atoms with Crippen LogP contribution in [0.1, 0.15) is 26.3 Å². The third-order valence-electron chi connectivity index (χ3n) is 2.38. The fourth-order valence-electron chi connectivity index (χ4n) is 1.46. The number of hydrogen-bond acceptors (Lipinski definition) is 4. The van der Waals surface area contributed by atoms with Crippen LogP contribution in [0.15, 0.2) is 24.3 Å². The first-order valence-electron chi connectivity index (χ1n) is 6.94. The van der Waals surface area contributed by atoms with Gasteiger partial charge >= 0.3 is 12.1 Å². The molecule has 0 atom stereocenters. The van der Waals surface area contributed by atoms with Crippen LogP contribution >= 0.6 is 23.2 Å². The minimum Gasteiger partial charge on any atom is -0.461 e. The van der Waals surface area contributed by atoms with Gasteiger partial charge in [0.25, 0.3) is 0 Å². The van der Waals surface area contributed by atoms with Crippen molar-refractivity contribution in [2.24, 2.45) is 0 Å². The Labute approximate surface area is 145 Å². The van der Waals surface area contributed by atoms with Gasteiger partial charge in [-0.3, -0.25) is 0 Å². The lowest BCUT2D eigenvalue weighted by atomic mass is 10.2. The molecular weight excluding hydrogens is 341 g/mol. The molecule has 7 heteroatoms. The van der Waals surface area contributed by atoms with E-state index in [1.807, 2.05) is 0 Å². The lowest BCUT2D eigenvalue weighted by Gasteiger charge is -2.19. The van der Waals surface area contributed by atoms with Gasteiger partial charge < -0.3 is 14.8 Å². The van der Waals surface area contributed by atoms with Crippen LogP contribution < -0.4 is 5.32 Å². The number of amides is 1. The molecule has 0 unspecified atom stereocenters. The number of esters is 1. The highest BCUT2D eigenvalue weighted by Crippen LogP contribution is 2.21. The van der Waals surface area contributed by atoms with Crippen molar-refractivity contribution < 1.29 is 19.1 Å². The molecule has 0 bridgehead atoms. The quantitative estimate of drug-likeness (QED) is 0.488. The molecule has 0 aliphatic carbocycles. The van der Waals surface area contributed by atoms with E-state index < -0.39 is 17.7 Å². The second-order valence-corrected chi connectivity index (χ2v) is 6.44. The Hall–Kier alpha value is -1.72. The molecule has 1 aromatic rings. The summed E-state index contributed by atoms with van der Waals surface area (Å²) in [5.41, 5.74) is 0.0846. The molecule has 0 aliphatic heterocycles. The predicted octanol–water partition coefficient (Wildman–Crippen LogP) is 4.07. The van der Waals surface area contributed by atoms with Crippen molar-refractivity contribution >= 4 is 41.3 Å². The molecule has 5 nitrogen and oxygen atoms in total. The Morgan fingerprint density at radius 1 is 1.26 bits per heavy atom. The second kappa shape index (κ2) is 8.79. The summed E-state index contributed by atoms with van der Waals surface area (Å²) in [4.78, 5) is 22.9. The highest BCUT2D eigenvalue weighted by Gasteiger charge is 2.15. The van der Waals surface area contributed by atoms with Crippen molar-refractivity contribution in [1.82, 2.24) is 5.32 Å². The molecule has 0 saturated heterocycles. The number of carbonyl (C=O) groups excluding carboxylic acids is 2. The van der Waals surface area contributed by atoms with Crippen LogP contribution in [0.25, 0.3) is 6.08 Å². The molecule has 0 aliphatic rings. The van der Waals surface area contributed by atoms with Crippen LogP contribution in [0, 0.1) is 0 Å². The zero-order valence-corrected chi connectivity index (χ0v) is 14.7. The molecule has 1 amide bonds. The van der Waals surface area contributed by atoms with Crippen molar-refractivity contribution in [3.63, 3.8) is 0 Å². The fraction of sp³-hybridized carbons (Fsp3) is 0.375. The van der Waals surface area contributed by atoms with E-state index in [-0.39, 0.29) is 13.2 Å². The largest absolute Gasteiger partial charge is 0.461 e. The molecule has 0 fully saturated rings. The van der Waals surface area contributed by atoms with E-state index in [0.29, 0.717) is 15.6 Å². The molecule has 0 spiro atoms. The number of halogens is 2. The van der Waals surface area contributed by atoms with Crippen LogP contribution in [-0.4, -0.2) is 30.8 Å². The minimum absolute atomic E-state index is 0.0385. The van der Waals surface area contributed by atoms with E-state index in [2.05, 4.69) is 5.32 Å². The van der Waals surface area contributed by atoms with E-state index in [1.165, 1.54) is 12.2 Å². The Kier molecular flexibility index (Phi) is 7.39. The third-order valence-corrected chi connectivity index (χ3v) is 2.94. The van der Waals surface area contributed by atoms with E-state index >= 15 is 0 Å². The smallest absolute Gasteiger partial charge is 0.407 e. The van der Waals surface area contributed by atoms with E-state index in [1.54, 1.807) is 39.0 Å². The zero-order valence-electron chi connectivity index (χ0n) is 13.2.